The molecule has 1 saturated heterocycles. The molecule has 1 aromatic heterocycles. The van der Waals surface area contributed by atoms with Gasteiger partial charge in [-0.3, -0.25) is 32.4 Å². The number of nitrogens with one attached hydrogen (secondary N) is 1. The minimum absolute atomic E-state index is 0.223. The number of phosphoric ester groups is 2. The molecule has 5 unspecified atom stereocenters. The lowest BCUT2D eigenvalue weighted by atomic mass is 10.1. The number of hydrogen-bond donors (Lipinski definition) is 2. The third-order valence-corrected chi connectivity index (χ3v) is 9.12. The molecule has 15 nitrogen and oxygen atoms in total. The number of aromatic amines is 1. The molecule has 2 heterocycles. The Labute approximate surface area is 176 Å². The minimum Gasteiger partial charge on any atom is -0.352 e. The Morgan fingerprint density at radius 2 is 1.74 bits per heavy atom. The van der Waals surface area contributed by atoms with E-state index < -0.39 is 53.7 Å². The maximum absolute atomic E-state index is 12.4. The van der Waals surface area contributed by atoms with Gasteiger partial charge < -0.3 is 9.63 Å². The Hall–Kier alpha value is -0.950. The highest BCUT2D eigenvalue weighted by molar-refractivity contribution is 7.67. The summed E-state index contributed by atoms with van der Waals surface area (Å²) in [6.45, 7) is 1.26. The fourth-order valence-electron chi connectivity index (χ4n) is 2.67. The number of H-pyrrole nitrogens is 1. The highest BCUT2D eigenvalue weighted by Gasteiger charge is 2.45. The fourth-order valence-corrected chi connectivity index (χ4v) is 6.80. The van der Waals surface area contributed by atoms with E-state index in [-0.39, 0.29) is 5.92 Å². The van der Waals surface area contributed by atoms with Gasteiger partial charge >= 0.3 is 29.2 Å². The third-order valence-electron chi connectivity index (χ3n) is 4.08. The van der Waals surface area contributed by atoms with E-state index in [1.165, 1.54) is 10.8 Å². The predicted molar refractivity (Wildman–Crippen MR) is 103 cm³/mol. The summed E-state index contributed by atoms with van der Waals surface area (Å²) in [4.78, 5) is 35.1. The first kappa shape index (κ1) is 26.3. The van der Waals surface area contributed by atoms with Crippen LogP contribution in [0.2, 0.25) is 0 Å². The van der Waals surface area contributed by atoms with Gasteiger partial charge in [-0.1, -0.05) is 6.92 Å². The second-order valence-electron chi connectivity index (χ2n) is 6.25. The van der Waals surface area contributed by atoms with E-state index in [2.05, 4.69) is 27.2 Å². The number of phosphoric acid groups is 3. The van der Waals surface area contributed by atoms with Crippen LogP contribution in [0.3, 0.4) is 0 Å². The maximum atomic E-state index is 12.4. The second-order valence-corrected chi connectivity index (χ2v) is 11.6. The van der Waals surface area contributed by atoms with Crippen molar-refractivity contribution < 1.29 is 50.0 Å². The van der Waals surface area contributed by atoms with Crippen molar-refractivity contribution in [2.45, 2.75) is 25.7 Å². The molecule has 18 heteroatoms. The second kappa shape index (κ2) is 10.3. The topological polar surface area (TPSA) is 191 Å². The number of hydrogen-bond acceptors (Lipinski definition) is 12. The van der Waals surface area contributed by atoms with Crippen LogP contribution in [0.1, 0.15) is 19.6 Å². The van der Waals surface area contributed by atoms with E-state index in [9.17, 15) is 28.2 Å². The molecule has 0 bridgehead atoms. The van der Waals surface area contributed by atoms with Gasteiger partial charge in [0.15, 0.2) is 0 Å². The summed E-state index contributed by atoms with van der Waals surface area (Å²) in [5.41, 5.74) is -1.25. The van der Waals surface area contributed by atoms with Crippen molar-refractivity contribution in [3.63, 3.8) is 0 Å². The van der Waals surface area contributed by atoms with Crippen molar-refractivity contribution in [3.8, 4) is 0 Å². The van der Waals surface area contributed by atoms with E-state index in [4.69, 9.17) is 9.26 Å². The Morgan fingerprint density at radius 3 is 2.29 bits per heavy atom. The Morgan fingerprint density at radius 1 is 1.13 bits per heavy atom. The highest BCUT2D eigenvalue weighted by Crippen LogP contribution is 2.71. The third kappa shape index (κ3) is 7.01. The van der Waals surface area contributed by atoms with Gasteiger partial charge in [0.05, 0.1) is 12.7 Å². The molecule has 0 aromatic carbocycles. The SMILES string of the molecule is COP(=O)(OC)OP(=O)(OC)OP(=O)(O)OCC1CC(C)C(n2ccc(=O)[nH]c2=O)O1. The molecule has 2 rings (SSSR count). The van der Waals surface area contributed by atoms with Gasteiger partial charge in [-0.15, -0.1) is 0 Å². The molecule has 178 valence electrons. The van der Waals surface area contributed by atoms with Gasteiger partial charge in [0.25, 0.3) is 5.56 Å². The van der Waals surface area contributed by atoms with Crippen molar-refractivity contribution in [3.05, 3.63) is 33.1 Å². The predicted octanol–water partition coefficient (Wildman–Crippen LogP) is 1.77. The van der Waals surface area contributed by atoms with Gasteiger partial charge in [-0.25, -0.2) is 18.5 Å². The Balaban J connectivity index is 2.02. The zero-order valence-electron chi connectivity index (χ0n) is 16.9. The van der Waals surface area contributed by atoms with Crippen LogP contribution >= 0.6 is 23.5 Å². The molecule has 0 radical (unpaired) electrons. The van der Waals surface area contributed by atoms with Crippen LogP contribution in [0.5, 0.6) is 0 Å². The Bertz CT molecular complexity index is 1010. The van der Waals surface area contributed by atoms with Crippen LogP contribution in [-0.2, 0) is 45.1 Å². The van der Waals surface area contributed by atoms with Crippen LogP contribution in [-0.4, -0.2) is 48.5 Å². The molecule has 1 aliphatic rings. The lowest BCUT2D eigenvalue weighted by Crippen LogP contribution is -2.33. The quantitative estimate of drug-likeness (QED) is 0.412. The molecule has 5 atom stereocenters. The minimum atomic E-state index is -5.06. The first-order valence-corrected chi connectivity index (χ1v) is 13.0. The number of rotatable bonds is 11. The summed E-state index contributed by atoms with van der Waals surface area (Å²) < 4.78 is 70.3. The van der Waals surface area contributed by atoms with Gasteiger partial charge in [0.1, 0.15) is 6.23 Å². The smallest absolute Gasteiger partial charge is 0.352 e. The van der Waals surface area contributed by atoms with Crippen molar-refractivity contribution in [2.75, 3.05) is 27.9 Å². The summed E-state index contributed by atoms with van der Waals surface area (Å²) in [7, 11) is -11.7. The monoisotopic (exact) mass is 508 g/mol. The van der Waals surface area contributed by atoms with Gasteiger partial charge in [-0.2, -0.15) is 8.62 Å². The first-order valence-electron chi connectivity index (χ1n) is 8.60. The molecule has 31 heavy (non-hydrogen) atoms. The molecular formula is C13H23N2O13P3. The number of ether oxygens (including phenoxy) is 1. The lowest BCUT2D eigenvalue weighted by molar-refractivity contribution is -0.0332. The average molecular weight is 508 g/mol. The van der Waals surface area contributed by atoms with Crippen LogP contribution in [0.4, 0.5) is 0 Å². The summed E-state index contributed by atoms with van der Waals surface area (Å²) >= 11 is 0. The summed E-state index contributed by atoms with van der Waals surface area (Å²) in [6.07, 6.45) is 0.0632. The van der Waals surface area contributed by atoms with Gasteiger partial charge in [-0.05, 0) is 6.42 Å². The molecule has 1 fully saturated rings. The van der Waals surface area contributed by atoms with E-state index in [1.54, 1.807) is 6.92 Å². The fraction of sp³-hybridized carbons (Fsp3) is 0.692. The summed E-state index contributed by atoms with van der Waals surface area (Å²) in [5, 5.41) is 0. The normalized spacial score (nSPS) is 25.8. The Kier molecular flexibility index (Phi) is 8.76. The standard InChI is InChI=1S/C13H23N2O13P3/c1-9-7-10(26-12(9)15-6-5-11(16)14-13(15)17)8-25-29(18,19)27-31(21,24-4)28-30(20,22-2)23-3/h5-6,9-10,12H,7-8H2,1-4H3,(H,18,19)(H,14,16,17). The van der Waals surface area contributed by atoms with Gasteiger partial charge in [0, 0.05) is 39.5 Å². The zero-order chi connectivity index (χ0) is 23.4. The molecular weight excluding hydrogens is 485 g/mol. The number of aromatic nitrogens is 2. The number of nitrogens with zero attached hydrogens (tertiary/aromatic N) is 1. The average Bonchev–Trinajstić information content (AvgIpc) is 3.06. The van der Waals surface area contributed by atoms with Crippen molar-refractivity contribution >= 4 is 23.5 Å². The molecule has 1 aliphatic heterocycles. The van der Waals surface area contributed by atoms with Crippen molar-refractivity contribution in [1.29, 1.82) is 0 Å². The van der Waals surface area contributed by atoms with Crippen molar-refractivity contribution in [1.82, 2.24) is 9.55 Å². The van der Waals surface area contributed by atoms with Gasteiger partial charge in [0.2, 0.25) is 0 Å². The van der Waals surface area contributed by atoms with Crippen molar-refractivity contribution in [2.24, 2.45) is 5.92 Å². The molecule has 2 N–H and O–H groups in total. The van der Waals surface area contributed by atoms with Crippen LogP contribution in [0, 0.1) is 5.92 Å². The maximum Gasteiger partial charge on any atom is 0.492 e. The summed E-state index contributed by atoms with van der Waals surface area (Å²) in [5.74, 6) is -0.223. The zero-order valence-corrected chi connectivity index (χ0v) is 19.6. The van der Waals surface area contributed by atoms with Crippen LogP contribution in [0.15, 0.2) is 21.9 Å². The largest absolute Gasteiger partial charge is 0.492 e. The van der Waals surface area contributed by atoms with Crippen LogP contribution < -0.4 is 11.2 Å². The molecule has 0 spiro atoms. The van der Waals surface area contributed by atoms with E-state index in [1.807, 2.05) is 0 Å². The first-order chi connectivity index (χ1) is 14.4. The molecule has 0 aliphatic carbocycles. The van der Waals surface area contributed by atoms with Crippen LogP contribution in [0.25, 0.3) is 0 Å². The molecule has 0 saturated carbocycles. The van der Waals surface area contributed by atoms with E-state index in [0.717, 1.165) is 27.4 Å². The van der Waals surface area contributed by atoms with E-state index >= 15 is 0 Å². The molecule has 0 amide bonds. The molecule has 1 aromatic rings. The highest BCUT2D eigenvalue weighted by atomic mass is 31.3. The van der Waals surface area contributed by atoms with E-state index in [0.29, 0.717) is 6.42 Å². The summed E-state index contributed by atoms with van der Waals surface area (Å²) in [6, 6.07) is 1.15. The lowest BCUT2D eigenvalue weighted by Gasteiger charge is -2.22.